The van der Waals surface area contributed by atoms with Crippen molar-refractivity contribution in [2.75, 3.05) is 5.33 Å². The predicted octanol–water partition coefficient (Wildman–Crippen LogP) is 2.26. The second-order valence-electron chi connectivity index (χ2n) is 1.66. The van der Waals surface area contributed by atoms with Crippen LogP contribution in [-0.2, 0) is 8.62 Å². The molecule has 0 aliphatic carbocycles. The fourth-order valence-corrected chi connectivity index (χ4v) is 1.39. The van der Waals surface area contributed by atoms with Gasteiger partial charge >= 0.3 is 5.97 Å². The summed E-state index contributed by atoms with van der Waals surface area (Å²) in [5, 5.41) is 0.661. The van der Waals surface area contributed by atoms with Crippen molar-refractivity contribution < 1.29 is 8.62 Å². The van der Waals surface area contributed by atoms with Crippen LogP contribution in [0.15, 0.2) is 0 Å². The van der Waals surface area contributed by atoms with E-state index in [1.807, 2.05) is 6.92 Å². The Balaban J connectivity index is 3.64. The number of carbonyl (C=O) groups is 1. The largest absolute Gasteiger partial charge is 0.383 e. The van der Waals surface area contributed by atoms with E-state index in [4.69, 9.17) is 0 Å². The van der Waals surface area contributed by atoms with Crippen LogP contribution in [0, 0.1) is 5.92 Å². The normalized spacial score (nSPS) is 12.8. The van der Waals surface area contributed by atoms with Gasteiger partial charge in [0.15, 0.2) is 16.3 Å². The van der Waals surface area contributed by atoms with Gasteiger partial charge in [0.1, 0.15) is 0 Å². The highest BCUT2D eigenvalue weighted by molar-refractivity contribution is 9.09. The van der Waals surface area contributed by atoms with Crippen molar-refractivity contribution in [3.63, 3.8) is 0 Å². The average Bonchev–Trinajstić information content (AvgIpc) is 1.90. The van der Waals surface area contributed by atoms with Crippen molar-refractivity contribution in [2.24, 2.45) is 5.92 Å². The van der Waals surface area contributed by atoms with Crippen molar-refractivity contribution in [3.05, 3.63) is 0 Å². The van der Waals surface area contributed by atoms with Gasteiger partial charge in [0.05, 0.1) is 5.92 Å². The molecular formula is C5H8Br2O2. The standard InChI is InChI=1S/C5H8Br2O2/c1-2-4(3-6)5(8)9-7/h4H,2-3H2,1H3. The van der Waals surface area contributed by atoms with Crippen molar-refractivity contribution >= 4 is 38.2 Å². The number of hydrogen-bond donors (Lipinski definition) is 0. The molecular weight excluding hydrogens is 252 g/mol. The van der Waals surface area contributed by atoms with Gasteiger partial charge < -0.3 is 3.83 Å². The highest BCUT2D eigenvalue weighted by Gasteiger charge is 2.14. The second-order valence-corrected chi connectivity index (χ2v) is 2.63. The molecule has 0 rings (SSSR count). The van der Waals surface area contributed by atoms with Gasteiger partial charge in [-0.25, -0.2) is 0 Å². The lowest BCUT2D eigenvalue weighted by Crippen LogP contribution is -2.14. The first kappa shape index (κ1) is 9.43. The first-order chi connectivity index (χ1) is 4.26. The molecule has 0 aromatic rings. The minimum absolute atomic E-state index is 0.0237. The fraction of sp³-hybridized carbons (Fsp3) is 0.800. The van der Waals surface area contributed by atoms with E-state index in [-0.39, 0.29) is 11.9 Å². The van der Waals surface area contributed by atoms with E-state index in [2.05, 4.69) is 36.0 Å². The van der Waals surface area contributed by atoms with Crippen molar-refractivity contribution in [1.82, 2.24) is 0 Å². The lowest BCUT2D eigenvalue weighted by molar-refractivity contribution is -0.136. The van der Waals surface area contributed by atoms with Gasteiger partial charge in [0.2, 0.25) is 0 Å². The summed E-state index contributed by atoms with van der Waals surface area (Å²) in [4.78, 5) is 10.7. The summed E-state index contributed by atoms with van der Waals surface area (Å²) in [5.41, 5.74) is 0. The lowest BCUT2D eigenvalue weighted by atomic mass is 10.1. The molecule has 1 unspecified atom stereocenters. The van der Waals surface area contributed by atoms with Gasteiger partial charge in [0, 0.05) is 5.33 Å². The fourth-order valence-electron chi connectivity index (χ4n) is 0.402. The average molecular weight is 260 g/mol. The van der Waals surface area contributed by atoms with Gasteiger partial charge in [0.25, 0.3) is 0 Å². The quantitative estimate of drug-likeness (QED) is 0.727. The molecule has 0 saturated carbocycles. The maximum atomic E-state index is 10.7. The molecule has 0 heterocycles. The molecule has 4 heteroatoms. The molecule has 0 saturated heterocycles. The maximum Gasteiger partial charge on any atom is 0.321 e. The Bertz CT molecular complexity index is 91.0. The smallest absolute Gasteiger partial charge is 0.321 e. The molecule has 0 radical (unpaired) electrons. The van der Waals surface area contributed by atoms with Crippen LogP contribution in [0.2, 0.25) is 0 Å². The number of halogens is 2. The monoisotopic (exact) mass is 258 g/mol. The zero-order valence-electron chi connectivity index (χ0n) is 5.06. The summed E-state index contributed by atoms with van der Waals surface area (Å²) in [6.45, 7) is 1.94. The second kappa shape index (κ2) is 5.23. The van der Waals surface area contributed by atoms with Crippen LogP contribution in [0.3, 0.4) is 0 Å². The van der Waals surface area contributed by atoms with E-state index in [1.54, 1.807) is 0 Å². The zero-order chi connectivity index (χ0) is 7.28. The number of carbonyl (C=O) groups excluding carboxylic acids is 1. The third-order valence-electron chi connectivity index (χ3n) is 1.09. The molecule has 0 aromatic heterocycles. The number of rotatable bonds is 3. The number of hydrogen-bond acceptors (Lipinski definition) is 2. The predicted molar refractivity (Wildman–Crippen MR) is 42.6 cm³/mol. The highest BCUT2D eigenvalue weighted by atomic mass is 79.9. The van der Waals surface area contributed by atoms with Crippen LogP contribution >= 0.6 is 32.2 Å². The molecule has 1 atom stereocenters. The molecule has 0 amide bonds. The summed E-state index contributed by atoms with van der Waals surface area (Å²) in [7, 11) is 0. The minimum Gasteiger partial charge on any atom is -0.383 e. The van der Waals surface area contributed by atoms with Gasteiger partial charge in [-0.1, -0.05) is 22.9 Å². The van der Waals surface area contributed by atoms with Crippen LogP contribution in [0.25, 0.3) is 0 Å². The van der Waals surface area contributed by atoms with Crippen molar-refractivity contribution in [2.45, 2.75) is 13.3 Å². The van der Waals surface area contributed by atoms with Gasteiger partial charge in [-0.2, -0.15) is 0 Å². The van der Waals surface area contributed by atoms with Crippen LogP contribution in [0.4, 0.5) is 0 Å². The SMILES string of the molecule is CCC(CBr)C(=O)OBr. The van der Waals surface area contributed by atoms with Crippen LogP contribution in [-0.4, -0.2) is 11.3 Å². The Hall–Kier alpha value is 0.430. The summed E-state index contributed by atoms with van der Waals surface area (Å²) in [6.07, 6.45) is 0.801. The van der Waals surface area contributed by atoms with E-state index < -0.39 is 0 Å². The summed E-state index contributed by atoms with van der Waals surface area (Å²) in [5.74, 6) is -0.237. The third-order valence-corrected chi connectivity index (χ3v) is 2.19. The molecule has 0 N–H and O–H groups in total. The molecule has 0 spiro atoms. The maximum absolute atomic E-state index is 10.7. The van der Waals surface area contributed by atoms with Crippen molar-refractivity contribution in [3.8, 4) is 0 Å². The lowest BCUT2D eigenvalue weighted by Gasteiger charge is -2.04. The van der Waals surface area contributed by atoms with Crippen LogP contribution in [0.1, 0.15) is 13.3 Å². The van der Waals surface area contributed by atoms with E-state index in [1.165, 1.54) is 0 Å². The summed E-state index contributed by atoms with van der Waals surface area (Å²) < 4.78 is 4.34. The summed E-state index contributed by atoms with van der Waals surface area (Å²) in [6, 6.07) is 0. The molecule has 2 nitrogen and oxygen atoms in total. The first-order valence-electron chi connectivity index (χ1n) is 2.64. The Morgan fingerprint density at radius 1 is 1.78 bits per heavy atom. The Morgan fingerprint density at radius 3 is 2.44 bits per heavy atom. The minimum atomic E-state index is -0.214. The van der Waals surface area contributed by atoms with Gasteiger partial charge in [-0.05, 0) is 6.42 Å². The van der Waals surface area contributed by atoms with E-state index in [0.29, 0.717) is 5.33 Å². The molecule has 0 aromatic carbocycles. The van der Waals surface area contributed by atoms with Gasteiger partial charge in [-0.15, -0.1) is 0 Å². The topological polar surface area (TPSA) is 26.3 Å². The van der Waals surface area contributed by atoms with E-state index >= 15 is 0 Å². The molecule has 54 valence electrons. The molecule has 9 heavy (non-hydrogen) atoms. The summed E-state index contributed by atoms with van der Waals surface area (Å²) >= 11 is 5.82. The molecule has 0 aliphatic rings. The van der Waals surface area contributed by atoms with Crippen LogP contribution < -0.4 is 0 Å². The Kier molecular flexibility index (Phi) is 5.48. The third kappa shape index (κ3) is 3.20. The van der Waals surface area contributed by atoms with Crippen LogP contribution in [0.5, 0.6) is 0 Å². The Labute approximate surface area is 71.5 Å². The highest BCUT2D eigenvalue weighted by Crippen LogP contribution is 2.09. The zero-order valence-corrected chi connectivity index (χ0v) is 8.24. The van der Waals surface area contributed by atoms with Crippen molar-refractivity contribution in [1.29, 1.82) is 0 Å². The first-order valence-corrected chi connectivity index (χ1v) is 4.41. The molecule has 0 bridgehead atoms. The number of alkyl halides is 1. The van der Waals surface area contributed by atoms with Gasteiger partial charge in [-0.3, -0.25) is 4.79 Å². The molecule has 0 fully saturated rings. The van der Waals surface area contributed by atoms with E-state index in [0.717, 1.165) is 6.42 Å². The molecule has 0 aliphatic heterocycles. The van der Waals surface area contributed by atoms with E-state index in [9.17, 15) is 4.79 Å². The Morgan fingerprint density at radius 2 is 2.33 bits per heavy atom.